The molecule has 0 fully saturated rings. The Balaban J connectivity index is 3.42. The summed E-state index contributed by atoms with van der Waals surface area (Å²) in [7, 11) is 0. The molecule has 0 rings (SSSR count). The van der Waals surface area contributed by atoms with Crippen molar-refractivity contribution in [2.24, 2.45) is 0 Å². The highest BCUT2D eigenvalue weighted by atomic mass is 16.3. The summed E-state index contributed by atoms with van der Waals surface area (Å²) >= 11 is 0. The summed E-state index contributed by atoms with van der Waals surface area (Å²) < 4.78 is 0. The van der Waals surface area contributed by atoms with Crippen LogP contribution in [0.25, 0.3) is 0 Å². The number of carbonyl (C=O) groups excluding carboxylic acids is 1. The van der Waals surface area contributed by atoms with E-state index < -0.39 is 12.2 Å². The van der Waals surface area contributed by atoms with E-state index in [2.05, 4.69) is 12.2 Å². The first-order chi connectivity index (χ1) is 11.5. The molecule has 1 amide bonds. The molecule has 0 aromatic rings. The lowest BCUT2D eigenvalue weighted by Crippen LogP contribution is -2.41. The molecular formula is C20H41NO3. The van der Waals surface area contributed by atoms with Gasteiger partial charge in [-0.2, -0.15) is 0 Å². The summed E-state index contributed by atoms with van der Waals surface area (Å²) in [6.45, 7) is 5.45. The van der Waals surface area contributed by atoms with Crippen LogP contribution in [0.2, 0.25) is 0 Å². The van der Waals surface area contributed by atoms with Crippen molar-refractivity contribution in [2.75, 3.05) is 0 Å². The van der Waals surface area contributed by atoms with Gasteiger partial charge in [0.25, 0.3) is 0 Å². The zero-order valence-electron chi connectivity index (χ0n) is 16.2. The molecule has 0 aliphatic heterocycles. The zero-order valence-corrected chi connectivity index (χ0v) is 16.2. The van der Waals surface area contributed by atoms with E-state index in [0.29, 0.717) is 6.42 Å². The molecule has 0 spiro atoms. The Morgan fingerprint density at radius 3 is 1.79 bits per heavy atom. The lowest BCUT2D eigenvalue weighted by molar-refractivity contribution is -0.120. The minimum Gasteiger partial charge on any atom is -0.393 e. The van der Waals surface area contributed by atoms with Crippen molar-refractivity contribution in [1.82, 2.24) is 5.32 Å². The molecule has 0 aromatic heterocycles. The molecule has 3 atom stereocenters. The Bertz CT molecular complexity index is 297. The maximum absolute atomic E-state index is 10.9. The summed E-state index contributed by atoms with van der Waals surface area (Å²) in [4.78, 5) is 10.9. The van der Waals surface area contributed by atoms with Crippen molar-refractivity contribution in [3.63, 3.8) is 0 Å². The van der Waals surface area contributed by atoms with Gasteiger partial charge >= 0.3 is 0 Å². The SMILES string of the molecule is CCCCCCCCCCCCC[C@H](O)C[C@@H](O)[C@H](C)NC(C)=O. The molecule has 0 bridgehead atoms. The Morgan fingerprint density at radius 2 is 1.33 bits per heavy atom. The van der Waals surface area contributed by atoms with Crippen LogP contribution in [0.4, 0.5) is 0 Å². The topological polar surface area (TPSA) is 69.6 Å². The van der Waals surface area contributed by atoms with Gasteiger partial charge in [0, 0.05) is 13.3 Å². The predicted octanol–water partition coefficient (Wildman–Crippen LogP) is 4.32. The number of aliphatic hydroxyl groups excluding tert-OH is 2. The van der Waals surface area contributed by atoms with Gasteiger partial charge < -0.3 is 15.5 Å². The highest BCUT2D eigenvalue weighted by molar-refractivity contribution is 5.73. The van der Waals surface area contributed by atoms with Crippen LogP contribution < -0.4 is 5.32 Å². The monoisotopic (exact) mass is 343 g/mol. The van der Waals surface area contributed by atoms with Gasteiger partial charge in [-0.05, 0) is 13.3 Å². The maximum atomic E-state index is 10.9. The number of unbranched alkanes of at least 4 members (excludes halogenated alkanes) is 10. The van der Waals surface area contributed by atoms with Crippen molar-refractivity contribution >= 4 is 5.91 Å². The number of amides is 1. The minimum atomic E-state index is -0.684. The second-order valence-corrected chi connectivity index (χ2v) is 7.27. The smallest absolute Gasteiger partial charge is 0.217 e. The molecule has 0 heterocycles. The average molecular weight is 344 g/mol. The third-order valence-corrected chi connectivity index (χ3v) is 4.66. The molecule has 0 aliphatic carbocycles. The number of aliphatic hydroxyl groups is 2. The fourth-order valence-corrected chi connectivity index (χ4v) is 3.06. The highest BCUT2D eigenvalue weighted by Gasteiger charge is 2.18. The first kappa shape index (κ1) is 23.4. The Labute approximate surface area is 149 Å². The van der Waals surface area contributed by atoms with E-state index in [0.717, 1.165) is 19.3 Å². The third-order valence-electron chi connectivity index (χ3n) is 4.66. The molecule has 0 unspecified atom stereocenters. The summed E-state index contributed by atoms with van der Waals surface area (Å²) in [5, 5.41) is 22.6. The summed E-state index contributed by atoms with van der Waals surface area (Å²) in [5.74, 6) is -0.151. The van der Waals surface area contributed by atoms with Gasteiger partial charge in [0.1, 0.15) is 0 Å². The molecule has 24 heavy (non-hydrogen) atoms. The molecule has 0 radical (unpaired) electrons. The van der Waals surface area contributed by atoms with Gasteiger partial charge in [0.15, 0.2) is 0 Å². The van der Waals surface area contributed by atoms with Crippen LogP contribution >= 0.6 is 0 Å². The fourth-order valence-electron chi connectivity index (χ4n) is 3.06. The molecule has 144 valence electrons. The molecule has 4 nitrogen and oxygen atoms in total. The zero-order chi connectivity index (χ0) is 18.2. The normalized spacial score (nSPS) is 15.0. The van der Waals surface area contributed by atoms with Crippen molar-refractivity contribution in [2.45, 2.75) is 122 Å². The van der Waals surface area contributed by atoms with Crippen LogP contribution in [0, 0.1) is 0 Å². The average Bonchev–Trinajstić information content (AvgIpc) is 2.51. The minimum absolute atomic E-state index is 0.151. The summed E-state index contributed by atoms with van der Waals surface area (Å²) in [6.07, 6.45) is 14.2. The van der Waals surface area contributed by atoms with Gasteiger partial charge in [-0.15, -0.1) is 0 Å². The lowest BCUT2D eigenvalue weighted by atomic mass is 10.00. The van der Waals surface area contributed by atoms with Gasteiger partial charge in [0.2, 0.25) is 5.91 Å². The molecule has 0 saturated carbocycles. The van der Waals surface area contributed by atoms with Crippen molar-refractivity contribution in [3.05, 3.63) is 0 Å². The predicted molar refractivity (Wildman–Crippen MR) is 101 cm³/mol. The highest BCUT2D eigenvalue weighted by Crippen LogP contribution is 2.14. The Kier molecular flexibility index (Phi) is 15.5. The number of hydrogen-bond acceptors (Lipinski definition) is 3. The van der Waals surface area contributed by atoms with E-state index in [-0.39, 0.29) is 11.9 Å². The molecule has 3 N–H and O–H groups in total. The molecule has 0 saturated heterocycles. The second kappa shape index (κ2) is 15.9. The first-order valence-electron chi connectivity index (χ1n) is 10.1. The second-order valence-electron chi connectivity index (χ2n) is 7.27. The Morgan fingerprint density at radius 1 is 0.875 bits per heavy atom. The molecule has 4 heteroatoms. The van der Waals surface area contributed by atoms with E-state index in [1.807, 2.05) is 0 Å². The molecular weight excluding hydrogens is 302 g/mol. The van der Waals surface area contributed by atoms with Crippen molar-refractivity contribution < 1.29 is 15.0 Å². The fraction of sp³-hybridized carbons (Fsp3) is 0.950. The largest absolute Gasteiger partial charge is 0.393 e. The summed E-state index contributed by atoms with van der Waals surface area (Å²) in [5.41, 5.74) is 0. The summed E-state index contributed by atoms with van der Waals surface area (Å²) in [6, 6.07) is -0.311. The van der Waals surface area contributed by atoms with E-state index >= 15 is 0 Å². The van der Waals surface area contributed by atoms with Crippen LogP contribution in [0.15, 0.2) is 0 Å². The van der Waals surface area contributed by atoms with Gasteiger partial charge in [0.05, 0.1) is 18.2 Å². The van der Waals surface area contributed by atoms with Crippen molar-refractivity contribution in [3.8, 4) is 0 Å². The van der Waals surface area contributed by atoms with Crippen LogP contribution in [0.1, 0.15) is 104 Å². The van der Waals surface area contributed by atoms with E-state index in [1.165, 1.54) is 64.7 Å². The van der Waals surface area contributed by atoms with Crippen LogP contribution in [-0.4, -0.2) is 34.4 Å². The van der Waals surface area contributed by atoms with E-state index in [9.17, 15) is 15.0 Å². The van der Waals surface area contributed by atoms with Crippen LogP contribution in [0.5, 0.6) is 0 Å². The van der Waals surface area contributed by atoms with E-state index in [1.54, 1.807) is 6.92 Å². The van der Waals surface area contributed by atoms with E-state index in [4.69, 9.17) is 0 Å². The molecule has 0 aromatic carbocycles. The van der Waals surface area contributed by atoms with Gasteiger partial charge in [-0.1, -0.05) is 77.6 Å². The quantitative estimate of drug-likeness (QED) is 0.365. The van der Waals surface area contributed by atoms with Crippen molar-refractivity contribution in [1.29, 1.82) is 0 Å². The van der Waals surface area contributed by atoms with Crippen LogP contribution in [0.3, 0.4) is 0 Å². The molecule has 0 aliphatic rings. The number of hydrogen-bond donors (Lipinski definition) is 3. The van der Waals surface area contributed by atoms with Gasteiger partial charge in [-0.3, -0.25) is 4.79 Å². The Hall–Kier alpha value is -0.610. The number of nitrogens with one attached hydrogen (secondary N) is 1. The number of rotatable bonds is 16. The van der Waals surface area contributed by atoms with Gasteiger partial charge in [-0.25, -0.2) is 0 Å². The third kappa shape index (κ3) is 14.9. The maximum Gasteiger partial charge on any atom is 0.217 e. The first-order valence-corrected chi connectivity index (χ1v) is 10.1. The number of carbonyl (C=O) groups is 1. The lowest BCUT2D eigenvalue weighted by Gasteiger charge is -2.22. The standard InChI is InChI=1S/C20H41NO3/c1-4-5-6-7-8-9-10-11-12-13-14-15-19(23)16-20(24)17(2)21-18(3)22/h17,19-20,23-24H,4-16H2,1-3H3,(H,21,22)/t17-,19-,20+/m0/s1. The van der Waals surface area contributed by atoms with Crippen LogP contribution in [-0.2, 0) is 4.79 Å².